The maximum Gasteiger partial charge on any atom is 0.258 e. The van der Waals surface area contributed by atoms with Gasteiger partial charge in [-0.05, 0) is 90.0 Å². The quantitative estimate of drug-likeness (QED) is 0.298. The third-order valence-corrected chi connectivity index (χ3v) is 8.88. The Morgan fingerprint density at radius 3 is 2.56 bits per heavy atom. The second-order valence-corrected chi connectivity index (χ2v) is 11.8. The number of aryl methyl sites for hydroxylation is 2. The number of nitrogens with zero attached hydrogens (tertiary/aromatic N) is 2. The maximum absolute atomic E-state index is 13.9. The summed E-state index contributed by atoms with van der Waals surface area (Å²) in [7, 11) is -2.38. The standard InChI is InChI=1S/C32H33N3O5S/c1-3-22-9-14-28(15-10-22)41(38,39)34-31-29-19-26(13-11-24(29)12-16-30(31)36)35(21-23-6-5-17-33-20-23)32(37)25-7-4-8-27(18-25)40-2/h4-11,13-15,17-20,30-31,34,36H,3,12,16,21H2,1-2H3. The molecule has 0 bridgehead atoms. The Labute approximate surface area is 240 Å². The average molecular weight is 572 g/mol. The van der Waals surface area contributed by atoms with Crippen LogP contribution in [0.15, 0.2) is 96.2 Å². The van der Waals surface area contributed by atoms with E-state index in [1.807, 2.05) is 31.2 Å². The number of ether oxygens (including phenoxy) is 1. The Hall–Kier alpha value is -4.05. The molecule has 2 atom stereocenters. The van der Waals surface area contributed by atoms with E-state index in [9.17, 15) is 18.3 Å². The Kier molecular flexibility index (Phi) is 8.49. The number of benzene rings is 3. The first-order valence-corrected chi connectivity index (χ1v) is 15.0. The first-order chi connectivity index (χ1) is 19.8. The third kappa shape index (κ3) is 6.32. The fourth-order valence-electron chi connectivity index (χ4n) is 5.09. The number of pyridine rings is 1. The second-order valence-electron chi connectivity index (χ2n) is 10.1. The summed E-state index contributed by atoms with van der Waals surface area (Å²) in [6, 6.07) is 22.1. The van der Waals surface area contributed by atoms with Crippen LogP contribution in [0.2, 0.25) is 0 Å². The lowest BCUT2D eigenvalue weighted by molar-refractivity contribution is 0.0984. The van der Waals surface area contributed by atoms with Crippen molar-refractivity contribution in [2.45, 2.75) is 49.8 Å². The third-order valence-electron chi connectivity index (χ3n) is 7.42. The number of aliphatic hydroxyl groups is 1. The average Bonchev–Trinajstić information content (AvgIpc) is 3.01. The van der Waals surface area contributed by atoms with Gasteiger partial charge in [0, 0.05) is 23.6 Å². The first kappa shape index (κ1) is 28.5. The predicted octanol–water partition coefficient (Wildman–Crippen LogP) is 4.83. The molecule has 1 heterocycles. The van der Waals surface area contributed by atoms with E-state index in [4.69, 9.17) is 4.74 Å². The van der Waals surface area contributed by atoms with Gasteiger partial charge in [-0.2, -0.15) is 0 Å². The van der Waals surface area contributed by atoms with Crippen LogP contribution in [-0.4, -0.2) is 37.6 Å². The first-order valence-electron chi connectivity index (χ1n) is 13.6. The molecule has 4 aromatic rings. The summed E-state index contributed by atoms with van der Waals surface area (Å²) in [6.45, 7) is 2.25. The highest BCUT2D eigenvalue weighted by atomic mass is 32.2. The Morgan fingerprint density at radius 1 is 1.05 bits per heavy atom. The minimum Gasteiger partial charge on any atom is -0.497 e. The van der Waals surface area contributed by atoms with Crippen LogP contribution in [0.1, 0.15) is 52.0 Å². The smallest absolute Gasteiger partial charge is 0.258 e. The molecule has 3 aromatic carbocycles. The molecule has 0 saturated heterocycles. The molecule has 1 aliphatic rings. The second kappa shape index (κ2) is 12.2. The molecule has 9 heteroatoms. The number of fused-ring (bicyclic) bond motifs is 1. The molecule has 0 fully saturated rings. The van der Waals surface area contributed by atoms with Crippen molar-refractivity contribution in [2.75, 3.05) is 12.0 Å². The van der Waals surface area contributed by atoms with Crippen LogP contribution in [0.5, 0.6) is 5.75 Å². The molecule has 0 radical (unpaired) electrons. The van der Waals surface area contributed by atoms with Crippen molar-refractivity contribution in [1.82, 2.24) is 9.71 Å². The highest BCUT2D eigenvalue weighted by Crippen LogP contribution is 2.35. The van der Waals surface area contributed by atoms with Crippen LogP contribution in [0, 0.1) is 0 Å². The van der Waals surface area contributed by atoms with Crippen molar-refractivity contribution < 1.29 is 23.1 Å². The van der Waals surface area contributed by atoms with Crippen LogP contribution in [0.4, 0.5) is 5.69 Å². The van der Waals surface area contributed by atoms with Crippen LogP contribution in [0.25, 0.3) is 0 Å². The number of aromatic nitrogens is 1. The summed E-state index contributed by atoms with van der Waals surface area (Å²) in [5.74, 6) is 0.310. The van der Waals surface area contributed by atoms with Crippen LogP contribution >= 0.6 is 0 Å². The molecule has 212 valence electrons. The Bertz CT molecular complexity index is 1630. The maximum atomic E-state index is 13.9. The van der Waals surface area contributed by atoms with Gasteiger partial charge in [0.05, 0.1) is 30.7 Å². The molecule has 2 N–H and O–H groups in total. The van der Waals surface area contributed by atoms with Gasteiger partial charge in [0.2, 0.25) is 10.0 Å². The molecular formula is C32H33N3O5S. The summed E-state index contributed by atoms with van der Waals surface area (Å²) in [6.07, 6.45) is 4.25. The number of methoxy groups -OCH3 is 1. The Balaban J connectivity index is 1.53. The van der Waals surface area contributed by atoms with Crippen LogP contribution < -0.4 is 14.4 Å². The zero-order valence-corrected chi connectivity index (χ0v) is 23.8. The molecule has 0 saturated carbocycles. The van der Waals surface area contributed by atoms with E-state index < -0.39 is 22.2 Å². The SMILES string of the molecule is CCc1ccc(S(=O)(=O)NC2c3cc(N(Cc4cccnc4)C(=O)c4cccc(OC)c4)ccc3CCC2O)cc1. The molecule has 8 nitrogen and oxygen atoms in total. The zero-order chi connectivity index (χ0) is 29.0. The van der Waals surface area contributed by atoms with Gasteiger partial charge in [0.15, 0.2) is 0 Å². The molecule has 1 aliphatic carbocycles. The van der Waals surface area contributed by atoms with Gasteiger partial charge in [-0.15, -0.1) is 0 Å². The number of aliphatic hydroxyl groups excluding tert-OH is 1. The normalized spacial score (nSPS) is 16.6. The summed E-state index contributed by atoms with van der Waals surface area (Å²) in [5.41, 5.74) is 4.44. The topological polar surface area (TPSA) is 109 Å². The number of carbonyl (C=O) groups excluding carboxylic acids is 1. The fraction of sp³-hybridized carbons (Fsp3) is 0.250. The summed E-state index contributed by atoms with van der Waals surface area (Å²) >= 11 is 0. The molecular weight excluding hydrogens is 538 g/mol. The van der Waals surface area contributed by atoms with E-state index in [0.717, 1.165) is 23.1 Å². The van der Waals surface area contributed by atoms with E-state index in [1.165, 1.54) is 0 Å². The van der Waals surface area contributed by atoms with Gasteiger partial charge in [0.1, 0.15) is 5.75 Å². The monoisotopic (exact) mass is 571 g/mol. The number of sulfonamides is 1. The minimum absolute atomic E-state index is 0.136. The highest BCUT2D eigenvalue weighted by molar-refractivity contribution is 7.89. The van der Waals surface area contributed by atoms with E-state index >= 15 is 0 Å². The fourth-order valence-corrected chi connectivity index (χ4v) is 6.34. The van der Waals surface area contributed by atoms with E-state index in [-0.39, 0.29) is 17.3 Å². The Morgan fingerprint density at radius 2 is 1.85 bits per heavy atom. The van der Waals surface area contributed by atoms with Crippen molar-refractivity contribution in [3.8, 4) is 5.75 Å². The molecule has 2 unspecified atom stereocenters. The number of amides is 1. The molecule has 1 aromatic heterocycles. The number of anilines is 1. The van der Waals surface area contributed by atoms with Gasteiger partial charge in [-0.1, -0.05) is 37.3 Å². The molecule has 41 heavy (non-hydrogen) atoms. The van der Waals surface area contributed by atoms with Gasteiger partial charge >= 0.3 is 0 Å². The largest absolute Gasteiger partial charge is 0.497 e. The van der Waals surface area contributed by atoms with Gasteiger partial charge in [-0.25, -0.2) is 13.1 Å². The van der Waals surface area contributed by atoms with Crippen LogP contribution in [0.3, 0.4) is 0 Å². The molecule has 1 amide bonds. The predicted molar refractivity (Wildman–Crippen MR) is 157 cm³/mol. The van der Waals surface area contributed by atoms with Crippen molar-refractivity contribution >= 4 is 21.6 Å². The molecule has 0 aliphatic heterocycles. The van der Waals surface area contributed by atoms with E-state index in [0.29, 0.717) is 35.4 Å². The number of carbonyl (C=O) groups is 1. The van der Waals surface area contributed by atoms with Crippen LogP contribution in [-0.2, 0) is 29.4 Å². The van der Waals surface area contributed by atoms with Gasteiger partial charge in [0.25, 0.3) is 5.91 Å². The number of nitrogens with one attached hydrogen (secondary N) is 1. The van der Waals surface area contributed by atoms with Crippen molar-refractivity contribution in [3.63, 3.8) is 0 Å². The van der Waals surface area contributed by atoms with Gasteiger partial charge < -0.3 is 14.7 Å². The summed E-state index contributed by atoms with van der Waals surface area (Å²) < 4.78 is 34.8. The van der Waals surface area contributed by atoms with Crippen molar-refractivity contribution in [3.05, 3.63) is 119 Å². The lowest BCUT2D eigenvalue weighted by atomic mass is 9.85. The zero-order valence-electron chi connectivity index (χ0n) is 23.0. The molecule has 0 spiro atoms. The van der Waals surface area contributed by atoms with Crippen molar-refractivity contribution in [2.24, 2.45) is 0 Å². The molecule has 5 rings (SSSR count). The number of rotatable bonds is 9. The van der Waals surface area contributed by atoms with E-state index in [1.54, 1.807) is 79.0 Å². The number of hydrogen-bond acceptors (Lipinski definition) is 6. The minimum atomic E-state index is -3.92. The van der Waals surface area contributed by atoms with Crippen molar-refractivity contribution in [1.29, 1.82) is 0 Å². The highest BCUT2D eigenvalue weighted by Gasteiger charge is 2.33. The lowest BCUT2D eigenvalue weighted by Gasteiger charge is -2.32. The summed E-state index contributed by atoms with van der Waals surface area (Å²) in [5, 5.41) is 11.0. The lowest BCUT2D eigenvalue weighted by Crippen LogP contribution is -2.39. The summed E-state index contributed by atoms with van der Waals surface area (Å²) in [4.78, 5) is 19.8. The number of hydrogen-bond donors (Lipinski definition) is 2. The van der Waals surface area contributed by atoms with Gasteiger partial charge in [-0.3, -0.25) is 9.78 Å². The van der Waals surface area contributed by atoms with E-state index in [2.05, 4.69) is 9.71 Å².